The Labute approximate surface area is 179 Å². The maximum atomic E-state index is 13.1. The van der Waals surface area contributed by atoms with Gasteiger partial charge in [0.1, 0.15) is 11.4 Å². The van der Waals surface area contributed by atoms with Crippen molar-refractivity contribution in [2.45, 2.75) is 20.3 Å². The van der Waals surface area contributed by atoms with Crippen LogP contribution < -0.4 is 20.1 Å². The SMILES string of the molecule is CCOC(=O)C1=C(C)Nc2ccccc2N=C1NC(=O)c1ccc2c(c1)OCCCO2. The molecule has 2 aliphatic rings. The number of nitrogens with zero attached hydrogens (tertiary/aromatic N) is 1. The van der Waals surface area contributed by atoms with Crippen molar-refractivity contribution in [3.63, 3.8) is 0 Å². The monoisotopic (exact) mass is 421 g/mol. The summed E-state index contributed by atoms with van der Waals surface area (Å²) in [4.78, 5) is 30.3. The summed E-state index contributed by atoms with van der Waals surface area (Å²) in [6.45, 7) is 4.74. The Hall–Kier alpha value is -3.81. The van der Waals surface area contributed by atoms with Crippen LogP contribution in [0.3, 0.4) is 0 Å². The number of amides is 1. The number of anilines is 1. The van der Waals surface area contributed by atoms with Crippen LogP contribution in [-0.2, 0) is 9.53 Å². The number of esters is 1. The number of rotatable bonds is 3. The van der Waals surface area contributed by atoms with Gasteiger partial charge in [0.2, 0.25) is 0 Å². The summed E-state index contributed by atoms with van der Waals surface area (Å²) < 4.78 is 16.5. The molecule has 4 rings (SSSR count). The maximum absolute atomic E-state index is 13.1. The highest BCUT2D eigenvalue weighted by Gasteiger charge is 2.26. The van der Waals surface area contributed by atoms with Crippen LogP contribution in [-0.4, -0.2) is 37.5 Å². The van der Waals surface area contributed by atoms with Gasteiger partial charge in [-0.1, -0.05) is 12.1 Å². The van der Waals surface area contributed by atoms with E-state index < -0.39 is 11.9 Å². The Morgan fingerprint density at radius 1 is 1.13 bits per heavy atom. The van der Waals surface area contributed by atoms with Gasteiger partial charge in [-0.3, -0.25) is 4.79 Å². The summed E-state index contributed by atoms with van der Waals surface area (Å²) >= 11 is 0. The van der Waals surface area contributed by atoms with Crippen LogP contribution in [0.2, 0.25) is 0 Å². The number of aliphatic imine (C=N–C) groups is 1. The van der Waals surface area contributed by atoms with Crippen LogP contribution in [0, 0.1) is 0 Å². The van der Waals surface area contributed by atoms with Crippen molar-refractivity contribution in [3.8, 4) is 11.5 Å². The number of ether oxygens (including phenoxy) is 3. The first-order valence-corrected chi connectivity index (χ1v) is 10.1. The lowest BCUT2D eigenvalue weighted by atomic mass is 10.1. The molecule has 0 aromatic heterocycles. The second-order valence-electron chi connectivity index (χ2n) is 6.99. The highest BCUT2D eigenvalue weighted by atomic mass is 16.5. The molecule has 2 aromatic rings. The van der Waals surface area contributed by atoms with E-state index in [1.165, 1.54) is 0 Å². The molecular weight excluding hydrogens is 398 g/mol. The molecule has 0 saturated heterocycles. The van der Waals surface area contributed by atoms with Crippen molar-refractivity contribution in [2.24, 2.45) is 4.99 Å². The minimum atomic E-state index is -0.571. The minimum Gasteiger partial charge on any atom is -0.490 e. The zero-order valence-electron chi connectivity index (χ0n) is 17.4. The Morgan fingerprint density at radius 2 is 1.90 bits per heavy atom. The number of allylic oxidation sites excluding steroid dienone is 1. The number of carbonyl (C=O) groups excluding carboxylic acids is 2. The molecule has 8 heteroatoms. The summed E-state index contributed by atoms with van der Waals surface area (Å²) in [7, 11) is 0. The van der Waals surface area contributed by atoms with Crippen molar-refractivity contribution in [3.05, 3.63) is 59.3 Å². The smallest absolute Gasteiger partial charge is 0.343 e. The highest BCUT2D eigenvalue weighted by molar-refractivity contribution is 6.25. The van der Waals surface area contributed by atoms with Gasteiger partial charge in [0.15, 0.2) is 11.5 Å². The molecule has 0 fully saturated rings. The normalized spacial score (nSPS) is 15.0. The fourth-order valence-corrected chi connectivity index (χ4v) is 3.32. The van der Waals surface area contributed by atoms with E-state index in [1.54, 1.807) is 38.1 Å². The Kier molecular flexibility index (Phi) is 5.88. The average Bonchev–Trinajstić information content (AvgIpc) is 3.07. The molecule has 2 aromatic carbocycles. The molecule has 0 saturated carbocycles. The number of hydrogen-bond donors (Lipinski definition) is 2. The van der Waals surface area contributed by atoms with E-state index in [4.69, 9.17) is 14.2 Å². The summed E-state index contributed by atoms with van der Waals surface area (Å²) in [5.41, 5.74) is 2.37. The second kappa shape index (κ2) is 8.91. The summed E-state index contributed by atoms with van der Waals surface area (Å²) in [6, 6.07) is 12.3. The van der Waals surface area contributed by atoms with Crippen LogP contribution in [0.4, 0.5) is 11.4 Å². The maximum Gasteiger partial charge on any atom is 0.343 e. The van der Waals surface area contributed by atoms with Gasteiger partial charge in [-0.15, -0.1) is 0 Å². The fourth-order valence-electron chi connectivity index (χ4n) is 3.32. The predicted octanol–water partition coefficient (Wildman–Crippen LogP) is 3.57. The first-order valence-electron chi connectivity index (χ1n) is 10.1. The molecule has 8 nitrogen and oxygen atoms in total. The average molecular weight is 421 g/mol. The van der Waals surface area contributed by atoms with Crippen molar-refractivity contribution in [1.82, 2.24) is 5.32 Å². The van der Waals surface area contributed by atoms with E-state index in [2.05, 4.69) is 15.6 Å². The molecule has 2 aliphatic heterocycles. The van der Waals surface area contributed by atoms with Gasteiger partial charge in [0.25, 0.3) is 5.91 Å². The third kappa shape index (κ3) is 4.37. The van der Waals surface area contributed by atoms with E-state index in [9.17, 15) is 9.59 Å². The van der Waals surface area contributed by atoms with Crippen LogP contribution >= 0.6 is 0 Å². The lowest BCUT2D eigenvalue weighted by molar-refractivity contribution is -0.137. The van der Waals surface area contributed by atoms with Gasteiger partial charge in [0.05, 0.1) is 31.2 Å². The van der Waals surface area contributed by atoms with E-state index in [-0.39, 0.29) is 18.0 Å². The molecule has 1 amide bonds. The number of hydrogen-bond acceptors (Lipinski definition) is 7. The number of amidine groups is 1. The molecule has 31 heavy (non-hydrogen) atoms. The summed E-state index contributed by atoms with van der Waals surface area (Å²) in [6.07, 6.45) is 0.770. The van der Waals surface area contributed by atoms with Gasteiger partial charge < -0.3 is 24.8 Å². The van der Waals surface area contributed by atoms with Crippen LogP contribution in [0.25, 0.3) is 0 Å². The molecule has 160 valence electrons. The Bertz CT molecular complexity index is 1090. The molecule has 0 aliphatic carbocycles. The summed E-state index contributed by atoms with van der Waals surface area (Å²) in [5.74, 6) is 0.228. The third-order valence-corrected chi connectivity index (χ3v) is 4.79. The van der Waals surface area contributed by atoms with Crippen molar-refractivity contribution in [2.75, 3.05) is 25.1 Å². The Balaban J connectivity index is 1.69. The minimum absolute atomic E-state index is 0.116. The third-order valence-electron chi connectivity index (χ3n) is 4.79. The summed E-state index contributed by atoms with van der Waals surface area (Å²) in [5, 5.41) is 5.95. The molecule has 0 unspecified atom stereocenters. The van der Waals surface area contributed by atoms with Crippen LogP contribution in [0.15, 0.2) is 58.7 Å². The molecule has 0 atom stereocenters. The lowest BCUT2D eigenvalue weighted by Gasteiger charge is -2.14. The quantitative estimate of drug-likeness (QED) is 0.736. The number of benzene rings is 2. The zero-order chi connectivity index (χ0) is 21.8. The topological polar surface area (TPSA) is 98.2 Å². The van der Waals surface area contributed by atoms with Crippen molar-refractivity contribution in [1.29, 1.82) is 0 Å². The first kappa shape index (κ1) is 20.5. The van der Waals surface area contributed by atoms with Gasteiger partial charge >= 0.3 is 5.97 Å². The Morgan fingerprint density at radius 3 is 2.71 bits per heavy atom. The molecule has 0 bridgehead atoms. The second-order valence-corrected chi connectivity index (χ2v) is 6.99. The van der Waals surface area contributed by atoms with Crippen LogP contribution in [0.1, 0.15) is 30.6 Å². The number of carbonyl (C=O) groups is 2. The van der Waals surface area contributed by atoms with E-state index >= 15 is 0 Å². The van der Waals surface area contributed by atoms with Crippen LogP contribution in [0.5, 0.6) is 11.5 Å². The lowest BCUT2D eigenvalue weighted by Crippen LogP contribution is -2.35. The molecular formula is C23H23N3O5. The number of para-hydroxylation sites is 2. The first-order chi connectivity index (χ1) is 15.1. The fraction of sp³-hybridized carbons (Fsp3) is 0.261. The predicted molar refractivity (Wildman–Crippen MR) is 116 cm³/mol. The van der Waals surface area contributed by atoms with Gasteiger partial charge in [-0.2, -0.15) is 0 Å². The van der Waals surface area contributed by atoms with Gasteiger partial charge in [-0.25, -0.2) is 9.79 Å². The number of fused-ring (bicyclic) bond motifs is 2. The molecule has 0 spiro atoms. The van der Waals surface area contributed by atoms with Gasteiger partial charge in [-0.05, 0) is 44.2 Å². The number of nitrogens with one attached hydrogen (secondary N) is 2. The van der Waals surface area contributed by atoms with E-state index in [0.717, 1.165) is 12.1 Å². The van der Waals surface area contributed by atoms with Crippen molar-refractivity contribution >= 4 is 29.1 Å². The molecule has 2 N–H and O–H groups in total. The zero-order valence-corrected chi connectivity index (χ0v) is 17.4. The van der Waals surface area contributed by atoms with E-state index in [0.29, 0.717) is 41.7 Å². The van der Waals surface area contributed by atoms with E-state index in [1.807, 2.05) is 18.2 Å². The molecule has 0 radical (unpaired) electrons. The largest absolute Gasteiger partial charge is 0.490 e. The highest BCUT2D eigenvalue weighted by Crippen LogP contribution is 2.32. The van der Waals surface area contributed by atoms with Gasteiger partial charge in [0, 0.05) is 17.7 Å². The molecule has 2 heterocycles. The van der Waals surface area contributed by atoms with Crippen molar-refractivity contribution < 1.29 is 23.8 Å². The standard InChI is InChI=1S/C23H23N3O5/c1-3-29-23(28)20-14(2)24-16-7-4-5-8-17(16)25-21(20)26-22(27)15-9-10-18-19(13-15)31-12-6-11-30-18/h4-5,7-10,13,24H,3,6,11-12H2,1-2H3,(H,25,26,27).